The lowest BCUT2D eigenvalue weighted by atomic mass is 9.84. The molecule has 2 bridgehead atoms. The van der Waals surface area contributed by atoms with Crippen molar-refractivity contribution in [1.82, 2.24) is 4.90 Å². The summed E-state index contributed by atoms with van der Waals surface area (Å²) >= 11 is 1.91. The zero-order valence-electron chi connectivity index (χ0n) is 9.73. The van der Waals surface area contributed by atoms with Gasteiger partial charge in [0.05, 0.1) is 0 Å². The van der Waals surface area contributed by atoms with Gasteiger partial charge in [-0.05, 0) is 35.1 Å². The Balaban J connectivity index is 1.89. The standard InChI is InChI=1S/C15H15NS/c1-2-4-13-12(3-1)10-17-15(13)14-9-16-7-5-11(14)6-8-16/h1-4,9-11H,5-8H2. The molecule has 0 spiro atoms. The Morgan fingerprint density at radius 1 is 1.12 bits per heavy atom. The van der Waals surface area contributed by atoms with Gasteiger partial charge in [0.15, 0.2) is 0 Å². The van der Waals surface area contributed by atoms with Crippen molar-refractivity contribution < 1.29 is 0 Å². The summed E-state index contributed by atoms with van der Waals surface area (Å²) in [6, 6.07) is 8.76. The van der Waals surface area contributed by atoms with Crippen molar-refractivity contribution in [2.75, 3.05) is 13.1 Å². The van der Waals surface area contributed by atoms with E-state index in [0.717, 1.165) is 5.92 Å². The van der Waals surface area contributed by atoms with Crippen LogP contribution in [0.15, 0.2) is 35.8 Å². The van der Waals surface area contributed by atoms with Crippen LogP contribution in [-0.4, -0.2) is 18.0 Å². The average molecular weight is 241 g/mol. The second-order valence-corrected chi connectivity index (χ2v) is 5.93. The van der Waals surface area contributed by atoms with Crippen LogP contribution in [0, 0.1) is 5.92 Å². The van der Waals surface area contributed by atoms with E-state index in [-0.39, 0.29) is 0 Å². The number of piperidine rings is 1. The summed E-state index contributed by atoms with van der Waals surface area (Å²) in [5.74, 6) is 0.807. The summed E-state index contributed by atoms with van der Waals surface area (Å²) in [4.78, 5) is 4.00. The first kappa shape index (κ1) is 9.72. The molecule has 1 nitrogen and oxygen atoms in total. The predicted molar refractivity (Wildman–Crippen MR) is 74.1 cm³/mol. The third-order valence-corrected chi connectivity index (χ3v) is 5.13. The summed E-state index contributed by atoms with van der Waals surface area (Å²) < 4.78 is 0. The summed E-state index contributed by atoms with van der Waals surface area (Å²) in [5, 5.41) is 5.13. The summed E-state index contributed by atoms with van der Waals surface area (Å²) in [5.41, 5.74) is 1.59. The van der Waals surface area contributed by atoms with Gasteiger partial charge in [0.2, 0.25) is 0 Å². The van der Waals surface area contributed by atoms with Crippen molar-refractivity contribution in [3.63, 3.8) is 0 Å². The van der Waals surface area contributed by atoms with Gasteiger partial charge >= 0.3 is 0 Å². The van der Waals surface area contributed by atoms with E-state index in [1.807, 2.05) is 11.3 Å². The second-order valence-electron chi connectivity index (χ2n) is 5.05. The predicted octanol–water partition coefficient (Wildman–Crippen LogP) is 3.97. The minimum atomic E-state index is 0.807. The Morgan fingerprint density at radius 3 is 2.71 bits per heavy atom. The normalized spacial score (nSPS) is 20.0. The number of rotatable bonds is 1. The van der Waals surface area contributed by atoms with E-state index in [0.29, 0.717) is 0 Å². The molecule has 0 aliphatic carbocycles. The third kappa shape index (κ3) is 1.44. The molecule has 1 saturated heterocycles. The maximum Gasteiger partial charge on any atom is 0.0398 e. The van der Waals surface area contributed by atoms with E-state index in [1.54, 1.807) is 5.57 Å². The molecule has 0 unspecified atom stereocenters. The molecule has 3 aliphatic heterocycles. The zero-order valence-corrected chi connectivity index (χ0v) is 10.5. The molecule has 1 aromatic heterocycles. The molecule has 1 aromatic carbocycles. The minimum Gasteiger partial charge on any atom is -0.377 e. The van der Waals surface area contributed by atoms with Crippen LogP contribution in [-0.2, 0) is 0 Å². The van der Waals surface area contributed by atoms with Crippen molar-refractivity contribution in [3.05, 3.63) is 40.7 Å². The third-order valence-electron chi connectivity index (χ3n) is 4.06. The van der Waals surface area contributed by atoms with Gasteiger partial charge in [-0.25, -0.2) is 0 Å². The van der Waals surface area contributed by atoms with Crippen LogP contribution >= 0.6 is 11.3 Å². The van der Waals surface area contributed by atoms with Crippen LogP contribution in [0.1, 0.15) is 17.7 Å². The molecular weight excluding hydrogens is 226 g/mol. The highest BCUT2D eigenvalue weighted by Crippen LogP contribution is 2.42. The van der Waals surface area contributed by atoms with Crippen LogP contribution in [0.4, 0.5) is 0 Å². The molecule has 4 heterocycles. The first-order chi connectivity index (χ1) is 8.42. The molecule has 5 rings (SSSR count). The van der Waals surface area contributed by atoms with Gasteiger partial charge in [-0.15, -0.1) is 11.3 Å². The van der Waals surface area contributed by atoms with Crippen LogP contribution < -0.4 is 0 Å². The molecular formula is C15H15NS. The minimum absolute atomic E-state index is 0.807. The fourth-order valence-electron chi connectivity index (χ4n) is 3.10. The molecule has 3 aliphatic rings. The highest BCUT2D eigenvalue weighted by atomic mass is 32.1. The Labute approximate surface area is 105 Å². The topological polar surface area (TPSA) is 3.24 Å². The van der Waals surface area contributed by atoms with Gasteiger partial charge in [0, 0.05) is 29.6 Å². The molecule has 0 saturated carbocycles. The lowest BCUT2D eigenvalue weighted by molar-refractivity contribution is 0.253. The SMILES string of the molecule is C1=C(c2scc3ccccc23)C2CCN1CC2. The maximum atomic E-state index is 2.49. The molecule has 0 amide bonds. The van der Waals surface area contributed by atoms with Crippen LogP contribution in [0.2, 0.25) is 0 Å². The summed E-state index contributed by atoms with van der Waals surface area (Å²) in [6.07, 6.45) is 5.10. The van der Waals surface area contributed by atoms with Gasteiger partial charge in [-0.1, -0.05) is 24.3 Å². The fourth-order valence-corrected chi connectivity index (χ4v) is 4.22. The van der Waals surface area contributed by atoms with Crippen molar-refractivity contribution in [2.24, 2.45) is 5.92 Å². The first-order valence-corrected chi connectivity index (χ1v) is 7.22. The van der Waals surface area contributed by atoms with E-state index in [1.165, 1.54) is 41.6 Å². The largest absolute Gasteiger partial charge is 0.377 e. The number of hydrogen-bond donors (Lipinski definition) is 0. The lowest BCUT2D eigenvalue weighted by Gasteiger charge is -2.39. The van der Waals surface area contributed by atoms with E-state index < -0.39 is 0 Å². The second kappa shape index (κ2) is 3.61. The van der Waals surface area contributed by atoms with E-state index in [2.05, 4.69) is 40.7 Å². The van der Waals surface area contributed by atoms with Crippen molar-refractivity contribution >= 4 is 27.7 Å². The molecule has 86 valence electrons. The quantitative estimate of drug-likeness (QED) is 0.730. The van der Waals surface area contributed by atoms with Gasteiger partial charge in [-0.2, -0.15) is 0 Å². The Bertz CT molecular complexity index is 588. The maximum absolute atomic E-state index is 2.49. The molecule has 2 heteroatoms. The van der Waals surface area contributed by atoms with Crippen LogP contribution in [0.25, 0.3) is 16.3 Å². The zero-order chi connectivity index (χ0) is 11.2. The van der Waals surface area contributed by atoms with Gasteiger partial charge in [0.1, 0.15) is 0 Å². The summed E-state index contributed by atoms with van der Waals surface area (Å²) in [6.45, 7) is 2.52. The number of thiophene rings is 1. The Hall–Kier alpha value is -1.28. The van der Waals surface area contributed by atoms with Crippen molar-refractivity contribution in [1.29, 1.82) is 0 Å². The van der Waals surface area contributed by atoms with Gasteiger partial charge in [-0.3, -0.25) is 0 Å². The Morgan fingerprint density at radius 2 is 1.94 bits per heavy atom. The van der Waals surface area contributed by atoms with Crippen LogP contribution in [0.3, 0.4) is 0 Å². The number of fused-ring (bicyclic) bond motifs is 3. The number of benzene rings is 1. The first-order valence-electron chi connectivity index (χ1n) is 6.34. The van der Waals surface area contributed by atoms with E-state index >= 15 is 0 Å². The molecule has 1 fully saturated rings. The smallest absolute Gasteiger partial charge is 0.0398 e. The monoisotopic (exact) mass is 241 g/mol. The fraction of sp³-hybridized carbons (Fsp3) is 0.333. The lowest BCUT2D eigenvalue weighted by Crippen LogP contribution is -2.35. The molecule has 0 atom stereocenters. The van der Waals surface area contributed by atoms with Gasteiger partial charge < -0.3 is 4.90 Å². The van der Waals surface area contributed by atoms with E-state index in [9.17, 15) is 0 Å². The summed E-state index contributed by atoms with van der Waals surface area (Å²) in [7, 11) is 0. The highest BCUT2D eigenvalue weighted by Gasteiger charge is 2.29. The van der Waals surface area contributed by atoms with E-state index in [4.69, 9.17) is 0 Å². The molecule has 17 heavy (non-hydrogen) atoms. The number of nitrogens with zero attached hydrogens (tertiary/aromatic N) is 1. The van der Waals surface area contributed by atoms with Crippen molar-refractivity contribution in [3.8, 4) is 0 Å². The highest BCUT2D eigenvalue weighted by molar-refractivity contribution is 7.12. The van der Waals surface area contributed by atoms with Crippen LogP contribution in [0.5, 0.6) is 0 Å². The average Bonchev–Trinajstić information content (AvgIpc) is 2.84. The molecule has 0 radical (unpaired) electrons. The number of allylic oxidation sites excluding steroid dienone is 1. The molecule has 0 N–H and O–H groups in total. The number of hydrogen-bond acceptors (Lipinski definition) is 2. The molecule has 2 aromatic rings. The van der Waals surface area contributed by atoms with Crippen molar-refractivity contribution in [2.45, 2.75) is 12.8 Å². The Kier molecular flexibility index (Phi) is 2.06. The van der Waals surface area contributed by atoms with Gasteiger partial charge in [0.25, 0.3) is 0 Å².